The topological polar surface area (TPSA) is 79.9 Å². The molecule has 1 saturated heterocycles. The summed E-state index contributed by atoms with van der Waals surface area (Å²) in [6.45, 7) is 5.06. The van der Waals surface area contributed by atoms with Crippen LogP contribution in [0.3, 0.4) is 0 Å². The maximum atomic E-state index is 12.4. The van der Waals surface area contributed by atoms with Crippen LogP contribution in [-0.4, -0.2) is 62.2 Å². The molecule has 0 aromatic heterocycles. The van der Waals surface area contributed by atoms with E-state index in [1.54, 1.807) is 31.2 Å². The second kappa shape index (κ2) is 12.6. The van der Waals surface area contributed by atoms with Gasteiger partial charge in [-0.3, -0.25) is 14.5 Å². The van der Waals surface area contributed by atoms with E-state index in [1.807, 2.05) is 24.3 Å². The zero-order valence-corrected chi connectivity index (χ0v) is 19.9. The summed E-state index contributed by atoms with van der Waals surface area (Å²) in [5, 5.41) is 5.88. The first kappa shape index (κ1) is 25.0. The van der Waals surface area contributed by atoms with E-state index >= 15 is 0 Å². The van der Waals surface area contributed by atoms with Crippen LogP contribution in [0, 0.1) is 0 Å². The van der Waals surface area contributed by atoms with Gasteiger partial charge in [-0.25, -0.2) is 0 Å². The van der Waals surface area contributed by atoms with Gasteiger partial charge in [0, 0.05) is 32.3 Å². The van der Waals surface area contributed by atoms with Gasteiger partial charge in [-0.05, 0) is 56.6 Å². The number of benzene rings is 2. The average molecular weight is 474 g/mol. The van der Waals surface area contributed by atoms with Crippen LogP contribution >= 0.6 is 11.6 Å². The number of rotatable bonds is 10. The number of hydrogen-bond acceptors (Lipinski definition) is 5. The van der Waals surface area contributed by atoms with Crippen molar-refractivity contribution in [2.45, 2.75) is 38.4 Å². The molecule has 2 aromatic carbocycles. The predicted octanol–water partition coefficient (Wildman–Crippen LogP) is 3.26. The van der Waals surface area contributed by atoms with Gasteiger partial charge in [0.2, 0.25) is 5.91 Å². The summed E-state index contributed by atoms with van der Waals surface area (Å²) < 4.78 is 11.3. The van der Waals surface area contributed by atoms with Gasteiger partial charge in [0.05, 0.1) is 10.6 Å². The van der Waals surface area contributed by atoms with E-state index in [1.165, 1.54) is 0 Å². The number of likely N-dealkylation sites (N-methyl/N-ethyl adjacent to an activating group) is 1. The minimum atomic E-state index is -0.700. The molecule has 1 unspecified atom stereocenters. The molecule has 2 aromatic rings. The lowest BCUT2D eigenvalue weighted by molar-refractivity contribution is -0.122. The predicted molar refractivity (Wildman–Crippen MR) is 129 cm³/mol. The minimum Gasteiger partial charge on any atom is -0.492 e. The van der Waals surface area contributed by atoms with E-state index in [4.69, 9.17) is 21.1 Å². The van der Waals surface area contributed by atoms with Crippen molar-refractivity contribution in [1.29, 1.82) is 0 Å². The Hall–Kier alpha value is -2.61. The second-order valence-electron chi connectivity index (χ2n) is 8.21. The molecule has 33 heavy (non-hydrogen) atoms. The molecule has 1 heterocycles. The molecule has 0 aliphatic carbocycles. The van der Waals surface area contributed by atoms with Crippen LogP contribution in [0.1, 0.15) is 35.7 Å². The number of nitrogens with one attached hydrogen (secondary N) is 2. The van der Waals surface area contributed by atoms with Crippen LogP contribution < -0.4 is 15.4 Å². The van der Waals surface area contributed by atoms with Crippen molar-refractivity contribution >= 4 is 23.4 Å². The smallest absolute Gasteiger partial charge is 0.253 e. The Balaban J connectivity index is 1.42. The number of carbonyl (C=O) groups is 2. The lowest BCUT2D eigenvalue weighted by atomic mass is 10.1. The van der Waals surface area contributed by atoms with Crippen LogP contribution in [0.15, 0.2) is 48.5 Å². The molecule has 1 aliphatic heterocycles. The Morgan fingerprint density at radius 1 is 1.18 bits per heavy atom. The summed E-state index contributed by atoms with van der Waals surface area (Å²) in [5.41, 5.74) is 1.26. The molecule has 7 nitrogen and oxygen atoms in total. The van der Waals surface area contributed by atoms with Crippen LogP contribution in [0.2, 0.25) is 5.02 Å². The largest absolute Gasteiger partial charge is 0.492 e. The summed E-state index contributed by atoms with van der Waals surface area (Å²) in [4.78, 5) is 27.1. The SMILES string of the molecule is CC(NC(=O)c1ccccc1Cl)C(=O)NCc1cccc(OCCN(C)C2CCOCC2)c1. The van der Waals surface area contributed by atoms with Crippen LogP contribution in [0.25, 0.3) is 0 Å². The number of carbonyl (C=O) groups excluding carboxylic acids is 2. The third kappa shape index (κ3) is 7.74. The van der Waals surface area contributed by atoms with Gasteiger partial charge in [-0.1, -0.05) is 35.9 Å². The average Bonchev–Trinajstić information content (AvgIpc) is 2.83. The fraction of sp³-hybridized carbons (Fsp3) is 0.440. The lowest BCUT2D eigenvalue weighted by Crippen LogP contribution is -2.44. The van der Waals surface area contributed by atoms with E-state index in [2.05, 4.69) is 22.6 Å². The fourth-order valence-corrected chi connectivity index (χ4v) is 3.91. The summed E-state index contributed by atoms with van der Waals surface area (Å²) in [6.07, 6.45) is 2.12. The third-order valence-corrected chi connectivity index (χ3v) is 6.08. The zero-order valence-electron chi connectivity index (χ0n) is 19.2. The van der Waals surface area contributed by atoms with Crippen molar-refractivity contribution in [3.63, 3.8) is 0 Å². The van der Waals surface area contributed by atoms with Gasteiger partial charge >= 0.3 is 0 Å². The summed E-state index contributed by atoms with van der Waals surface area (Å²) in [7, 11) is 2.12. The normalized spacial score (nSPS) is 15.2. The molecule has 3 rings (SSSR count). The maximum Gasteiger partial charge on any atom is 0.253 e. The highest BCUT2D eigenvalue weighted by Crippen LogP contribution is 2.16. The Kier molecular flexibility index (Phi) is 9.54. The molecule has 8 heteroatoms. The first-order valence-corrected chi connectivity index (χ1v) is 11.6. The van der Waals surface area contributed by atoms with Crippen molar-refractivity contribution in [3.05, 3.63) is 64.7 Å². The van der Waals surface area contributed by atoms with Gasteiger partial charge in [0.1, 0.15) is 18.4 Å². The van der Waals surface area contributed by atoms with Crippen LogP contribution in [0.4, 0.5) is 0 Å². The van der Waals surface area contributed by atoms with Gasteiger partial charge < -0.3 is 20.1 Å². The first-order chi connectivity index (χ1) is 15.9. The molecule has 0 spiro atoms. The molecule has 2 N–H and O–H groups in total. The quantitative estimate of drug-likeness (QED) is 0.553. The van der Waals surface area contributed by atoms with E-state index in [0.29, 0.717) is 29.8 Å². The zero-order chi connectivity index (χ0) is 23.6. The Labute approximate surface area is 200 Å². The highest BCUT2D eigenvalue weighted by Gasteiger charge is 2.19. The molecular formula is C25H32ClN3O4. The summed E-state index contributed by atoms with van der Waals surface area (Å²) in [5.74, 6) is 0.103. The highest BCUT2D eigenvalue weighted by molar-refractivity contribution is 6.33. The molecule has 1 aliphatic rings. The van der Waals surface area contributed by atoms with Gasteiger partial charge in [0.15, 0.2) is 0 Å². The van der Waals surface area contributed by atoms with Crippen molar-refractivity contribution in [2.24, 2.45) is 0 Å². The molecule has 0 radical (unpaired) electrons. The number of nitrogens with zero attached hydrogens (tertiary/aromatic N) is 1. The Morgan fingerprint density at radius 2 is 1.94 bits per heavy atom. The van der Waals surface area contributed by atoms with Gasteiger partial charge in [0.25, 0.3) is 5.91 Å². The van der Waals surface area contributed by atoms with Gasteiger partial charge in [-0.2, -0.15) is 0 Å². The van der Waals surface area contributed by atoms with Crippen molar-refractivity contribution < 1.29 is 19.1 Å². The maximum absolute atomic E-state index is 12.4. The fourth-order valence-electron chi connectivity index (χ4n) is 3.69. The van der Waals surface area contributed by atoms with E-state index in [9.17, 15) is 9.59 Å². The van der Waals surface area contributed by atoms with Crippen molar-refractivity contribution in [2.75, 3.05) is 33.4 Å². The minimum absolute atomic E-state index is 0.278. The lowest BCUT2D eigenvalue weighted by Gasteiger charge is -2.31. The molecule has 0 bridgehead atoms. The van der Waals surface area contributed by atoms with Gasteiger partial charge in [-0.15, -0.1) is 0 Å². The van der Waals surface area contributed by atoms with E-state index in [0.717, 1.165) is 43.9 Å². The third-order valence-electron chi connectivity index (χ3n) is 5.75. The Bertz CT molecular complexity index is 933. The Morgan fingerprint density at radius 3 is 2.70 bits per heavy atom. The van der Waals surface area contributed by atoms with Crippen molar-refractivity contribution in [1.82, 2.24) is 15.5 Å². The number of ether oxygens (including phenoxy) is 2. The number of amides is 2. The number of hydrogen-bond donors (Lipinski definition) is 2. The van der Waals surface area contributed by atoms with Crippen LogP contribution in [-0.2, 0) is 16.1 Å². The van der Waals surface area contributed by atoms with Crippen LogP contribution in [0.5, 0.6) is 5.75 Å². The molecular weight excluding hydrogens is 442 g/mol. The molecule has 178 valence electrons. The molecule has 2 amide bonds. The standard InChI is InChI=1S/C25H32ClN3O4/c1-18(28-25(31)22-8-3-4-9-23(22)26)24(30)27-17-19-6-5-7-21(16-19)33-15-12-29(2)20-10-13-32-14-11-20/h3-9,16,18,20H,10-15,17H2,1-2H3,(H,27,30)(H,28,31). The summed E-state index contributed by atoms with van der Waals surface area (Å²) >= 11 is 6.05. The highest BCUT2D eigenvalue weighted by atomic mass is 35.5. The second-order valence-corrected chi connectivity index (χ2v) is 8.62. The molecule has 1 atom stereocenters. The molecule has 0 saturated carbocycles. The first-order valence-electron chi connectivity index (χ1n) is 11.3. The van der Waals surface area contributed by atoms with Crippen molar-refractivity contribution in [3.8, 4) is 5.75 Å². The number of halogens is 1. The van der Waals surface area contributed by atoms with E-state index < -0.39 is 6.04 Å². The monoisotopic (exact) mass is 473 g/mol. The molecule has 1 fully saturated rings. The summed E-state index contributed by atoms with van der Waals surface area (Å²) in [6, 6.07) is 14.2. The van der Waals surface area contributed by atoms with E-state index in [-0.39, 0.29) is 11.8 Å².